The summed E-state index contributed by atoms with van der Waals surface area (Å²) in [4.78, 5) is 2.39. The summed E-state index contributed by atoms with van der Waals surface area (Å²) in [6.07, 6.45) is 0. The van der Waals surface area contributed by atoms with E-state index in [0.29, 0.717) is 0 Å². The molecular formula is C57H35NO2. The number of hydrogen-bond donors (Lipinski definition) is 0. The summed E-state index contributed by atoms with van der Waals surface area (Å²) in [7, 11) is 0. The lowest BCUT2D eigenvalue weighted by Crippen LogP contribution is -2.32. The highest BCUT2D eigenvalue weighted by Crippen LogP contribution is 2.63. The Kier molecular flexibility index (Phi) is 6.93. The number of benzene rings is 10. The van der Waals surface area contributed by atoms with Gasteiger partial charge in [0.15, 0.2) is 0 Å². The van der Waals surface area contributed by atoms with Gasteiger partial charge in [0.05, 0.1) is 11.1 Å². The second-order valence-electron chi connectivity index (χ2n) is 15.9. The molecule has 0 radical (unpaired) electrons. The van der Waals surface area contributed by atoms with Crippen LogP contribution in [0.5, 0.6) is 11.5 Å². The molecular weight excluding hydrogens is 731 g/mol. The second-order valence-corrected chi connectivity index (χ2v) is 15.9. The van der Waals surface area contributed by atoms with Crippen LogP contribution in [0.3, 0.4) is 0 Å². The zero-order valence-corrected chi connectivity index (χ0v) is 32.5. The minimum absolute atomic E-state index is 0.514. The van der Waals surface area contributed by atoms with Crippen LogP contribution in [0.4, 0.5) is 17.1 Å². The fraction of sp³-hybridized carbons (Fsp3) is 0.0175. The van der Waals surface area contributed by atoms with Gasteiger partial charge in [0, 0.05) is 44.0 Å². The Morgan fingerprint density at radius 1 is 0.383 bits per heavy atom. The minimum atomic E-state index is -0.514. The molecule has 1 spiro atoms. The molecule has 3 heteroatoms. The van der Waals surface area contributed by atoms with Crippen molar-refractivity contribution in [1.29, 1.82) is 0 Å². The molecule has 1 aliphatic heterocycles. The Labute approximate surface area is 347 Å². The molecule has 0 N–H and O–H groups in total. The van der Waals surface area contributed by atoms with Crippen molar-refractivity contribution in [3.05, 3.63) is 235 Å². The van der Waals surface area contributed by atoms with E-state index in [1.807, 2.05) is 6.07 Å². The van der Waals surface area contributed by atoms with Gasteiger partial charge in [-0.15, -0.1) is 0 Å². The van der Waals surface area contributed by atoms with E-state index in [9.17, 15) is 0 Å². The molecule has 1 aromatic heterocycles. The first-order valence-electron chi connectivity index (χ1n) is 20.6. The van der Waals surface area contributed by atoms with E-state index < -0.39 is 5.41 Å². The first-order valence-corrected chi connectivity index (χ1v) is 20.6. The van der Waals surface area contributed by atoms with Gasteiger partial charge < -0.3 is 14.1 Å². The quantitative estimate of drug-likeness (QED) is 0.178. The normalized spacial score (nSPS) is 13.3. The molecule has 10 aromatic carbocycles. The van der Waals surface area contributed by atoms with Crippen molar-refractivity contribution >= 4 is 60.5 Å². The lowest BCUT2D eigenvalue weighted by Gasteiger charge is -2.39. The van der Waals surface area contributed by atoms with Crippen LogP contribution < -0.4 is 9.64 Å². The summed E-state index contributed by atoms with van der Waals surface area (Å²) in [5, 5.41) is 6.87. The molecule has 2 heterocycles. The summed E-state index contributed by atoms with van der Waals surface area (Å²) in [5.74, 6) is 1.80. The van der Waals surface area contributed by atoms with Gasteiger partial charge in [-0.3, -0.25) is 0 Å². The summed E-state index contributed by atoms with van der Waals surface area (Å²) in [6.45, 7) is 0. The average Bonchev–Trinajstić information content (AvgIpc) is 3.84. The fourth-order valence-corrected chi connectivity index (χ4v) is 10.4. The van der Waals surface area contributed by atoms with Crippen molar-refractivity contribution in [2.24, 2.45) is 0 Å². The predicted octanol–water partition coefficient (Wildman–Crippen LogP) is 15.5. The van der Waals surface area contributed by atoms with Crippen molar-refractivity contribution < 1.29 is 9.15 Å². The summed E-state index contributed by atoms with van der Waals surface area (Å²) < 4.78 is 13.2. The fourth-order valence-electron chi connectivity index (χ4n) is 10.4. The van der Waals surface area contributed by atoms with Gasteiger partial charge in [-0.05, 0) is 98.8 Å². The maximum atomic E-state index is 6.59. The Morgan fingerprint density at radius 3 is 1.82 bits per heavy atom. The van der Waals surface area contributed by atoms with Gasteiger partial charge >= 0.3 is 0 Å². The van der Waals surface area contributed by atoms with Crippen LogP contribution in [0.25, 0.3) is 65.7 Å². The van der Waals surface area contributed by atoms with Gasteiger partial charge in [-0.1, -0.05) is 158 Å². The Hall–Kier alpha value is -7.88. The van der Waals surface area contributed by atoms with Crippen LogP contribution >= 0.6 is 0 Å². The Morgan fingerprint density at radius 2 is 0.983 bits per heavy atom. The van der Waals surface area contributed by atoms with Crippen LogP contribution in [-0.2, 0) is 5.41 Å². The third kappa shape index (κ3) is 4.54. The predicted molar refractivity (Wildman–Crippen MR) is 246 cm³/mol. The molecule has 60 heavy (non-hydrogen) atoms. The molecule has 3 nitrogen and oxygen atoms in total. The minimum Gasteiger partial charge on any atom is -0.457 e. The highest BCUT2D eigenvalue weighted by atomic mass is 16.5. The number of hydrogen-bond acceptors (Lipinski definition) is 3. The zero-order valence-electron chi connectivity index (χ0n) is 32.5. The number of nitrogens with zero attached hydrogens (tertiary/aromatic N) is 1. The van der Waals surface area contributed by atoms with Crippen LogP contribution in [0.2, 0.25) is 0 Å². The molecule has 0 saturated heterocycles. The highest BCUT2D eigenvalue weighted by Gasteiger charge is 2.51. The molecule has 280 valence electrons. The molecule has 0 unspecified atom stereocenters. The van der Waals surface area contributed by atoms with E-state index in [2.05, 4.69) is 211 Å². The van der Waals surface area contributed by atoms with Crippen LogP contribution in [0.15, 0.2) is 217 Å². The first-order chi connectivity index (χ1) is 29.8. The van der Waals surface area contributed by atoms with Crippen molar-refractivity contribution in [2.75, 3.05) is 4.90 Å². The molecule has 0 bridgehead atoms. The third-order valence-electron chi connectivity index (χ3n) is 12.9. The molecule has 1 aliphatic carbocycles. The highest BCUT2D eigenvalue weighted by molar-refractivity contribution is 6.16. The number of fused-ring (bicyclic) bond motifs is 15. The van der Waals surface area contributed by atoms with Crippen LogP contribution in [-0.4, -0.2) is 0 Å². The lowest BCUT2D eigenvalue weighted by atomic mass is 9.66. The van der Waals surface area contributed by atoms with E-state index >= 15 is 0 Å². The summed E-state index contributed by atoms with van der Waals surface area (Å²) >= 11 is 0. The largest absolute Gasteiger partial charge is 0.457 e. The van der Waals surface area contributed by atoms with E-state index in [4.69, 9.17) is 9.15 Å². The second kappa shape index (κ2) is 12.6. The van der Waals surface area contributed by atoms with Gasteiger partial charge in [-0.2, -0.15) is 0 Å². The van der Waals surface area contributed by atoms with Gasteiger partial charge in [0.2, 0.25) is 0 Å². The standard InChI is InChI=1S/C57H35NO2/c1-2-15-41-36(13-1)14-11-23-51(41)58(40-33-29-38-30-34-44-43-16-4-8-24-52(43)60-56(44)46(38)35-40)39-31-27-37(28-32-39)42-18-12-22-50-55(42)45-17-3-5-19-47(45)57(50)48-20-6-9-25-53(48)59-54-26-10-7-21-49(54)57/h1-35H. The smallest absolute Gasteiger partial charge is 0.143 e. The molecule has 11 aromatic rings. The van der Waals surface area contributed by atoms with E-state index in [1.54, 1.807) is 0 Å². The Bertz CT molecular complexity index is 3490. The average molecular weight is 766 g/mol. The van der Waals surface area contributed by atoms with Crippen LogP contribution in [0.1, 0.15) is 22.3 Å². The number of ether oxygens (including phenoxy) is 1. The monoisotopic (exact) mass is 765 g/mol. The molecule has 0 saturated carbocycles. The van der Waals surface area contributed by atoms with Crippen molar-refractivity contribution in [1.82, 2.24) is 0 Å². The van der Waals surface area contributed by atoms with Crippen molar-refractivity contribution in [2.45, 2.75) is 5.41 Å². The molecule has 2 aliphatic rings. The SMILES string of the molecule is c1ccc2c(c1)Oc1ccccc1C21c2ccccc2-c2c(-c3ccc(N(c4ccc5ccc6c7ccccc7oc6c5c4)c4cccc5ccccc45)cc3)cccc21. The maximum Gasteiger partial charge on any atom is 0.143 e. The van der Waals surface area contributed by atoms with Gasteiger partial charge in [-0.25, -0.2) is 0 Å². The number of para-hydroxylation sites is 3. The van der Waals surface area contributed by atoms with Gasteiger partial charge in [0.1, 0.15) is 22.7 Å². The molecule has 0 fully saturated rings. The van der Waals surface area contributed by atoms with Crippen molar-refractivity contribution in [3.8, 4) is 33.8 Å². The number of rotatable bonds is 4. The zero-order chi connectivity index (χ0) is 39.4. The number of anilines is 3. The van der Waals surface area contributed by atoms with Crippen molar-refractivity contribution in [3.63, 3.8) is 0 Å². The maximum absolute atomic E-state index is 6.59. The van der Waals surface area contributed by atoms with Crippen LogP contribution in [0, 0.1) is 0 Å². The summed E-state index contributed by atoms with van der Waals surface area (Å²) in [5.41, 5.74) is 14.3. The Balaban J connectivity index is 1.00. The summed E-state index contributed by atoms with van der Waals surface area (Å²) in [6, 6.07) is 76.7. The van der Waals surface area contributed by atoms with E-state index in [0.717, 1.165) is 66.8 Å². The number of furan rings is 1. The lowest BCUT2D eigenvalue weighted by molar-refractivity contribution is 0.436. The molecule has 13 rings (SSSR count). The van der Waals surface area contributed by atoms with E-state index in [-0.39, 0.29) is 0 Å². The first kappa shape index (κ1) is 33.1. The topological polar surface area (TPSA) is 25.6 Å². The third-order valence-corrected chi connectivity index (χ3v) is 12.9. The van der Waals surface area contributed by atoms with E-state index in [1.165, 1.54) is 49.7 Å². The van der Waals surface area contributed by atoms with Gasteiger partial charge in [0.25, 0.3) is 0 Å². The molecule has 0 atom stereocenters. The molecule has 0 amide bonds.